The Hall–Kier alpha value is -2.57. The van der Waals surface area contributed by atoms with Crippen LogP contribution in [0.5, 0.6) is 0 Å². The molecule has 23 heavy (non-hydrogen) atoms. The maximum Gasteiger partial charge on any atom is 0.242 e. The summed E-state index contributed by atoms with van der Waals surface area (Å²) in [5, 5.41) is 0. The highest BCUT2D eigenvalue weighted by Gasteiger charge is 2.25. The van der Waals surface area contributed by atoms with Gasteiger partial charge in [-0.3, -0.25) is 4.79 Å². The number of anilines is 1. The summed E-state index contributed by atoms with van der Waals surface area (Å²) in [6, 6.07) is 3.69. The van der Waals surface area contributed by atoms with Crippen molar-refractivity contribution < 1.29 is 13.6 Å². The molecule has 0 spiro atoms. The van der Waals surface area contributed by atoms with Gasteiger partial charge in [0, 0.05) is 32.0 Å². The third kappa shape index (κ3) is 3.44. The molecule has 1 amide bonds. The monoisotopic (exact) mass is 318 g/mol. The van der Waals surface area contributed by atoms with E-state index in [-0.39, 0.29) is 19.0 Å². The molecule has 1 aliphatic rings. The Morgan fingerprint density at radius 1 is 1.13 bits per heavy atom. The fourth-order valence-electron chi connectivity index (χ4n) is 2.45. The molecule has 1 aliphatic heterocycles. The summed E-state index contributed by atoms with van der Waals surface area (Å²) in [6.07, 6.45) is 3.42. The number of carbonyl (C=O) groups excluding carboxylic acids is 1. The number of aromatic nitrogens is 2. The molecule has 0 N–H and O–H groups in total. The number of rotatable bonds is 3. The molecular formula is C16H16F2N4O. The first-order valence-electron chi connectivity index (χ1n) is 7.28. The molecule has 1 aromatic carbocycles. The van der Waals surface area contributed by atoms with Crippen LogP contribution in [0.2, 0.25) is 0 Å². The zero-order valence-corrected chi connectivity index (χ0v) is 12.7. The van der Waals surface area contributed by atoms with Crippen molar-refractivity contribution in [1.29, 1.82) is 0 Å². The highest BCUT2D eigenvalue weighted by Crippen LogP contribution is 2.15. The lowest BCUT2D eigenvalue weighted by atomic mass is 10.2. The van der Waals surface area contributed by atoms with E-state index in [2.05, 4.69) is 9.97 Å². The number of hydrogen-bond acceptors (Lipinski definition) is 4. The van der Waals surface area contributed by atoms with Crippen molar-refractivity contribution in [2.24, 2.45) is 0 Å². The molecule has 3 rings (SSSR count). The molecule has 1 aromatic heterocycles. The molecule has 0 saturated carbocycles. The van der Waals surface area contributed by atoms with Gasteiger partial charge in [0.2, 0.25) is 11.9 Å². The molecule has 0 aliphatic carbocycles. The van der Waals surface area contributed by atoms with Gasteiger partial charge in [0.15, 0.2) is 11.6 Å². The zero-order valence-electron chi connectivity index (χ0n) is 12.7. The predicted octanol–water partition coefficient (Wildman–Crippen LogP) is 1.91. The fraction of sp³-hybridized carbons (Fsp3) is 0.312. The van der Waals surface area contributed by atoms with Crippen LogP contribution in [0.1, 0.15) is 11.1 Å². The van der Waals surface area contributed by atoms with Crippen LogP contribution >= 0.6 is 0 Å². The molecule has 7 heteroatoms. The van der Waals surface area contributed by atoms with Crippen LogP contribution in [0, 0.1) is 18.6 Å². The SMILES string of the molecule is Cc1cnc(N2CCN(Cc3ccc(F)c(F)c3)C(=O)C2)nc1. The minimum Gasteiger partial charge on any atom is -0.335 e. The number of hydrogen-bond donors (Lipinski definition) is 0. The van der Waals surface area contributed by atoms with Crippen LogP contribution in [0.4, 0.5) is 14.7 Å². The van der Waals surface area contributed by atoms with Crippen LogP contribution in [0.3, 0.4) is 0 Å². The average molecular weight is 318 g/mol. The zero-order chi connectivity index (χ0) is 16.4. The molecule has 5 nitrogen and oxygen atoms in total. The van der Waals surface area contributed by atoms with Crippen molar-refractivity contribution >= 4 is 11.9 Å². The second-order valence-corrected chi connectivity index (χ2v) is 5.55. The molecule has 0 bridgehead atoms. The molecule has 1 fully saturated rings. The Kier molecular flexibility index (Phi) is 4.18. The molecule has 2 aromatic rings. The largest absolute Gasteiger partial charge is 0.335 e. The summed E-state index contributed by atoms with van der Waals surface area (Å²) in [5.74, 6) is -1.36. The first-order chi connectivity index (χ1) is 11.0. The summed E-state index contributed by atoms with van der Waals surface area (Å²) in [6.45, 7) is 3.41. The lowest BCUT2D eigenvalue weighted by molar-refractivity contribution is -0.131. The van der Waals surface area contributed by atoms with Crippen molar-refractivity contribution in [3.05, 3.63) is 53.4 Å². The highest BCUT2D eigenvalue weighted by atomic mass is 19.2. The Bertz CT molecular complexity index is 721. The summed E-state index contributed by atoms with van der Waals surface area (Å²) < 4.78 is 26.2. The Balaban J connectivity index is 1.65. The Morgan fingerprint density at radius 2 is 1.87 bits per heavy atom. The number of nitrogens with zero attached hydrogens (tertiary/aromatic N) is 4. The summed E-state index contributed by atoms with van der Waals surface area (Å²) >= 11 is 0. The summed E-state index contributed by atoms with van der Waals surface area (Å²) in [4.78, 5) is 24.1. The van der Waals surface area contributed by atoms with Crippen LogP contribution in [-0.4, -0.2) is 40.4 Å². The van der Waals surface area contributed by atoms with Crippen molar-refractivity contribution in [3.63, 3.8) is 0 Å². The molecule has 0 radical (unpaired) electrons. The summed E-state index contributed by atoms with van der Waals surface area (Å²) in [7, 11) is 0. The molecule has 2 heterocycles. The lowest BCUT2D eigenvalue weighted by Gasteiger charge is -2.34. The van der Waals surface area contributed by atoms with Gasteiger partial charge >= 0.3 is 0 Å². The molecule has 1 saturated heterocycles. The quantitative estimate of drug-likeness (QED) is 0.867. The van der Waals surface area contributed by atoms with Crippen LogP contribution in [0.15, 0.2) is 30.6 Å². The Morgan fingerprint density at radius 3 is 2.52 bits per heavy atom. The van der Waals surface area contributed by atoms with E-state index in [0.29, 0.717) is 24.6 Å². The lowest BCUT2D eigenvalue weighted by Crippen LogP contribution is -2.50. The van der Waals surface area contributed by atoms with Gasteiger partial charge in [0.1, 0.15) is 6.54 Å². The second kappa shape index (κ2) is 6.28. The minimum absolute atomic E-state index is 0.0924. The van der Waals surface area contributed by atoms with Gasteiger partial charge in [-0.25, -0.2) is 18.7 Å². The van der Waals surface area contributed by atoms with E-state index in [9.17, 15) is 13.6 Å². The Labute approximate surface area is 132 Å². The van der Waals surface area contributed by atoms with Gasteiger partial charge < -0.3 is 9.80 Å². The number of amides is 1. The second-order valence-electron chi connectivity index (χ2n) is 5.55. The molecule has 0 unspecified atom stereocenters. The average Bonchev–Trinajstić information content (AvgIpc) is 2.53. The number of carbonyl (C=O) groups is 1. The van der Waals surface area contributed by atoms with Crippen molar-refractivity contribution in [3.8, 4) is 0 Å². The molecule has 0 atom stereocenters. The number of aryl methyl sites for hydroxylation is 1. The fourth-order valence-corrected chi connectivity index (χ4v) is 2.45. The van der Waals surface area contributed by atoms with Crippen LogP contribution < -0.4 is 4.90 Å². The van der Waals surface area contributed by atoms with Crippen molar-refractivity contribution in [2.75, 3.05) is 24.5 Å². The number of benzene rings is 1. The summed E-state index contributed by atoms with van der Waals surface area (Å²) in [5.41, 5.74) is 1.52. The number of halogens is 2. The van der Waals surface area contributed by atoms with Gasteiger partial charge in [0.05, 0.1) is 0 Å². The van der Waals surface area contributed by atoms with E-state index in [1.54, 1.807) is 17.3 Å². The predicted molar refractivity (Wildman–Crippen MR) is 80.8 cm³/mol. The van der Waals surface area contributed by atoms with Crippen LogP contribution in [-0.2, 0) is 11.3 Å². The van der Waals surface area contributed by atoms with E-state index in [1.165, 1.54) is 6.07 Å². The van der Waals surface area contributed by atoms with E-state index >= 15 is 0 Å². The van der Waals surface area contributed by atoms with Gasteiger partial charge in [0.25, 0.3) is 0 Å². The topological polar surface area (TPSA) is 49.3 Å². The third-order valence-corrected chi connectivity index (χ3v) is 3.73. The third-order valence-electron chi connectivity index (χ3n) is 3.73. The maximum absolute atomic E-state index is 13.2. The van der Waals surface area contributed by atoms with Gasteiger partial charge in [-0.05, 0) is 30.2 Å². The van der Waals surface area contributed by atoms with Gasteiger partial charge in [-0.1, -0.05) is 6.07 Å². The van der Waals surface area contributed by atoms with Crippen molar-refractivity contribution in [1.82, 2.24) is 14.9 Å². The van der Waals surface area contributed by atoms with Crippen molar-refractivity contribution in [2.45, 2.75) is 13.5 Å². The smallest absolute Gasteiger partial charge is 0.242 e. The number of piperazine rings is 1. The first-order valence-corrected chi connectivity index (χ1v) is 7.28. The van der Waals surface area contributed by atoms with Gasteiger partial charge in [-0.2, -0.15) is 0 Å². The molecule has 120 valence electrons. The molecular weight excluding hydrogens is 302 g/mol. The van der Waals surface area contributed by atoms with E-state index < -0.39 is 11.6 Å². The highest BCUT2D eigenvalue weighted by molar-refractivity contribution is 5.82. The van der Waals surface area contributed by atoms with Gasteiger partial charge in [-0.15, -0.1) is 0 Å². The van der Waals surface area contributed by atoms with E-state index in [0.717, 1.165) is 17.7 Å². The maximum atomic E-state index is 13.2. The standard InChI is InChI=1S/C16H16F2N4O/c1-11-7-19-16(20-8-11)22-5-4-21(15(23)10-22)9-12-2-3-13(17)14(18)6-12/h2-3,6-8H,4-5,9-10H2,1H3. The first kappa shape index (κ1) is 15.3. The van der Waals surface area contributed by atoms with E-state index in [4.69, 9.17) is 0 Å². The minimum atomic E-state index is -0.901. The van der Waals surface area contributed by atoms with Crippen LogP contribution in [0.25, 0.3) is 0 Å². The van der Waals surface area contributed by atoms with E-state index in [1.807, 2.05) is 11.8 Å². The normalized spacial score (nSPS) is 15.2.